The van der Waals surface area contributed by atoms with Gasteiger partial charge in [-0.05, 0) is 37.5 Å². The number of nitrogens with one attached hydrogen (secondary N) is 1. The van der Waals surface area contributed by atoms with Crippen molar-refractivity contribution in [2.75, 3.05) is 6.54 Å². The van der Waals surface area contributed by atoms with E-state index in [-0.39, 0.29) is 53.9 Å². The van der Waals surface area contributed by atoms with E-state index in [0.717, 1.165) is 17.0 Å². The summed E-state index contributed by atoms with van der Waals surface area (Å²) in [4.78, 5) is 65.5. The molecule has 0 aliphatic carbocycles. The maximum atomic E-state index is 14.2. The summed E-state index contributed by atoms with van der Waals surface area (Å²) < 4.78 is 32.9. The zero-order valence-electron chi connectivity index (χ0n) is 20.2. The van der Waals surface area contributed by atoms with Gasteiger partial charge >= 0.3 is 0 Å². The molecule has 3 aliphatic rings. The average Bonchev–Trinajstić information content (AvgIpc) is 3.47. The molecule has 1 fully saturated rings. The zero-order chi connectivity index (χ0) is 27.3. The Morgan fingerprint density at radius 3 is 2.67 bits per heavy atom. The van der Waals surface area contributed by atoms with Gasteiger partial charge in [-0.25, -0.2) is 18.7 Å². The molecule has 0 radical (unpaired) electrons. The van der Waals surface area contributed by atoms with E-state index >= 15 is 0 Å². The van der Waals surface area contributed by atoms with Gasteiger partial charge in [0, 0.05) is 30.8 Å². The van der Waals surface area contributed by atoms with Crippen molar-refractivity contribution in [3.8, 4) is 22.9 Å². The van der Waals surface area contributed by atoms with Crippen LogP contribution in [0.15, 0.2) is 46.3 Å². The smallest absolute Gasteiger partial charge is 0.278 e. The third-order valence-corrected chi connectivity index (χ3v) is 6.73. The second kappa shape index (κ2) is 9.45. The SMILES string of the molecule is O=C1CCC(N2C(=O)C3=C(C2=O)N(Cc2nc(-c4ccnc(-c5ccc(F)cc5F)n4)no2)CCC3)C(=O)N1. The van der Waals surface area contributed by atoms with Crippen LogP contribution in [0.1, 0.15) is 31.6 Å². The van der Waals surface area contributed by atoms with Gasteiger partial charge in [0.1, 0.15) is 29.1 Å². The number of carbonyl (C=O) groups excluding carboxylic acids is 4. The van der Waals surface area contributed by atoms with Gasteiger partial charge in [0.15, 0.2) is 5.82 Å². The van der Waals surface area contributed by atoms with Crippen molar-refractivity contribution in [1.29, 1.82) is 0 Å². The van der Waals surface area contributed by atoms with E-state index in [9.17, 15) is 28.0 Å². The predicted octanol–water partition coefficient (Wildman–Crippen LogP) is 1.50. The Bertz CT molecular complexity index is 1590. The fourth-order valence-corrected chi connectivity index (χ4v) is 4.93. The minimum absolute atomic E-state index is 0.000248. The molecule has 12 nitrogen and oxygen atoms in total. The number of aromatic nitrogens is 4. The van der Waals surface area contributed by atoms with Gasteiger partial charge in [0.2, 0.25) is 23.5 Å². The van der Waals surface area contributed by atoms with E-state index in [1.807, 2.05) is 0 Å². The molecule has 14 heteroatoms. The highest BCUT2D eigenvalue weighted by molar-refractivity contribution is 6.21. The van der Waals surface area contributed by atoms with Crippen molar-refractivity contribution >= 4 is 23.6 Å². The number of imide groups is 2. The highest BCUT2D eigenvalue weighted by Gasteiger charge is 2.48. The summed E-state index contributed by atoms with van der Waals surface area (Å²) in [5.41, 5.74) is 0.706. The molecule has 0 spiro atoms. The summed E-state index contributed by atoms with van der Waals surface area (Å²) in [6.07, 6.45) is 2.44. The standard InChI is InChI=1S/C25H19F2N7O5/c26-12-3-4-13(15(27)10-12)21-28-8-7-16(29-21)22-31-19(39-32-22)11-33-9-1-2-14-20(33)25(38)34(24(14)37)17-5-6-18(35)30-23(17)36/h3-4,7-8,10,17H,1-2,5-6,9,11H2,(H,30,35,36). The molecule has 0 saturated carbocycles. The number of amides is 4. The van der Waals surface area contributed by atoms with Gasteiger partial charge in [-0.1, -0.05) is 5.16 Å². The predicted molar refractivity (Wildman–Crippen MR) is 125 cm³/mol. The lowest BCUT2D eigenvalue weighted by Crippen LogP contribution is -2.55. The molecule has 1 saturated heterocycles. The molecular weight excluding hydrogens is 516 g/mol. The number of piperidine rings is 1. The summed E-state index contributed by atoms with van der Waals surface area (Å²) >= 11 is 0. The molecule has 3 aromatic rings. The number of benzene rings is 1. The fourth-order valence-electron chi connectivity index (χ4n) is 4.93. The summed E-state index contributed by atoms with van der Waals surface area (Å²) in [5.74, 6) is -3.59. The van der Waals surface area contributed by atoms with E-state index in [0.29, 0.717) is 25.0 Å². The molecule has 1 atom stereocenters. The van der Waals surface area contributed by atoms with Crippen LogP contribution in [0, 0.1) is 11.6 Å². The third-order valence-electron chi connectivity index (χ3n) is 6.73. The minimum Gasteiger partial charge on any atom is -0.357 e. The minimum atomic E-state index is -1.05. The van der Waals surface area contributed by atoms with Gasteiger partial charge < -0.3 is 9.42 Å². The van der Waals surface area contributed by atoms with Crippen LogP contribution in [0.3, 0.4) is 0 Å². The van der Waals surface area contributed by atoms with Crippen LogP contribution >= 0.6 is 0 Å². The third kappa shape index (κ3) is 4.32. The summed E-state index contributed by atoms with van der Waals surface area (Å²) in [6.45, 7) is 0.443. The first-order chi connectivity index (χ1) is 18.8. The lowest BCUT2D eigenvalue weighted by atomic mass is 10.0. The molecule has 1 N–H and O–H groups in total. The van der Waals surface area contributed by atoms with Crippen molar-refractivity contribution in [2.24, 2.45) is 0 Å². The highest BCUT2D eigenvalue weighted by Crippen LogP contribution is 2.34. The molecule has 0 bridgehead atoms. The second-order valence-corrected chi connectivity index (χ2v) is 9.20. The van der Waals surface area contributed by atoms with E-state index in [1.165, 1.54) is 18.3 Å². The normalized spacial score (nSPS) is 19.6. The number of rotatable bonds is 5. The van der Waals surface area contributed by atoms with Crippen molar-refractivity contribution < 1.29 is 32.5 Å². The molecule has 3 aliphatic heterocycles. The maximum Gasteiger partial charge on any atom is 0.278 e. The molecule has 198 valence electrons. The number of halogens is 2. The van der Waals surface area contributed by atoms with Crippen molar-refractivity contribution in [2.45, 2.75) is 38.3 Å². The molecule has 2 aromatic heterocycles. The van der Waals surface area contributed by atoms with Crippen LogP contribution in [0.5, 0.6) is 0 Å². The van der Waals surface area contributed by atoms with Crippen LogP contribution in [-0.4, -0.2) is 66.1 Å². The van der Waals surface area contributed by atoms with Crippen molar-refractivity contribution in [3.63, 3.8) is 0 Å². The Hall–Kier alpha value is -4.88. The fraction of sp³-hybridized carbons (Fsp3) is 0.280. The van der Waals surface area contributed by atoms with E-state index in [1.54, 1.807) is 4.90 Å². The van der Waals surface area contributed by atoms with Gasteiger partial charge in [-0.2, -0.15) is 4.98 Å². The number of hydrogen-bond donors (Lipinski definition) is 1. The summed E-state index contributed by atoms with van der Waals surface area (Å²) in [6, 6.07) is 3.50. The number of hydrogen-bond acceptors (Lipinski definition) is 10. The van der Waals surface area contributed by atoms with Gasteiger partial charge in [-0.3, -0.25) is 29.4 Å². The Kier molecular flexibility index (Phi) is 5.93. The second-order valence-electron chi connectivity index (χ2n) is 9.20. The monoisotopic (exact) mass is 535 g/mol. The molecule has 39 heavy (non-hydrogen) atoms. The Morgan fingerprint density at radius 1 is 1.03 bits per heavy atom. The first kappa shape index (κ1) is 24.5. The number of nitrogens with zero attached hydrogens (tertiary/aromatic N) is 6. The Morgan fingerprint density at radius 2 is 1.87 bits per heavy atom. The van der Waals surface area contributed by atoms with Crippen molar-refractivity contribution in [3.05, 3.63) is 59.3 Å². The quantitative estimate of drug-likeness (QED) is 0.476. The molecular formula is C25H19F2N7O5. The summed E-state index contributed by atoms with van der Waals surface area (Å²) in [5, 5.41) is 6.11. The first-order valence-electron chi connectivity index (χ1n) is 12.1. The highest BCUT2D eigenvalue weighted by atomic mass is 19.1. The number of carbonyl (C=O) groups is 4. The van der Waals surface area contributed by atoms with Gasteiger partial charge in [0.05, 0.1) is 12.1 Å². The molecule has 1 unspecified atom stereocenters. The Labute approximate surface area is 218 Å². The van der Waals surface area contributed by atoms with Crippen LogP contribution in [-0.2, 0) is 25.7 Å². The van der Waals surface area contributed by atoms with E-state index in [4.69, 9.17) is 4.52 Å². The largest absolute Gasteiger partial charge is 0.357 e. The molecule has 6 rings (SSSR count). The maximum absolute atomic E-state index is 14.2. The van der Waals surface area contributed by atoms with Crippen LogP contribution in [0.4, 0.5) is 8.78 Å². The van der Waals surface area contributed by atoms with Gasteiger partial charge in [-0.15, -0.1) is 0 Å². The van der Waals surface area contributed by atoms with Crippen LogP contribution in [0.2, 0.25) is 0 Å². The topological polar surface area (TPSA) is 151 Å². The van der Waals surface area contributed by atoms with Crippen LogP contribution in [0.25, 0.3) is 22.9 Å². The zero-order valence-corrected chi connectivity index (χ0v) is 20.2. The van der Waals surface area contributed by atoms with E-state index in [2.05, 4.69) is 25.4 Å². The lowest BCUT2D eigenvalue weighted by Gasteiger charge is -2.29. The van der Waals surface area contributed by atoms with Crippen LogP contribution < -0.4 is 5.32 Å². The molecule has 5 heterocycles. The summed E-state index contributed by atoms with van der Waals surface area (Å²) in [7, 11) is 0. The van der Waals surface area contributed by atoms with Gasteiger partial charge in [0.25, 0.3) is 11.8 Å². The molecule has 4 amide bonds. The van der Waals surface area contributed by atoms with E-state index < -0.39 is 41.3 Å². The Balaban J connectivity index is 1.22. The first-order valence-corrected chi connectivity index (χ1v) is 12.1. The lowest BCUT2D eigenvalue weighted by molar-refractivity contribution is -0.150. The average molecular weight is 535 g/mol. The molecule has 1 aromatic carbocycles. The van der Waals surface area contributed by atoms with Crippen molar-refractivity contribution in [1.82, 2.24) is 35.2 Å².